The summed E-state index contributed by atoms with van der Waals surface area (Å²) in [5.41, 5.74) is -1.22. The molecule has 68 valence electrons. The minimum atomic E-state index is -4.48. The van der Waals surface area contributed by atoms with Gasteiger partial charge in [0.1, 0.15) is 5.69 Å². The van der Waals surface area contributed by atoms with Crippen LogP contribution in [0.1, 0.15) is 24.3 Å². The fourth-order valence-corrected chi connectivity index (χ4v) is 0.839. The molecule has 6 heteroatoms. The first-order valence-electron chi connectivity index (χ1n) is 3.21. The van der Waals surface area contributed by atoms with Gasteiger partial charge in [0.25, 0.3) is 0 Å². The number of nitrogens with zero attached hydrogens (tertiary/aromatic N) is 1. The smallest absolute Gasteiger partial charge is 0.389 e. The van der Waals surface area contributed by atoms with Crippen molar-refractivity contribution < 1.29 is 18.3 Å². The Labute approximate surface area is 66.2 Å². The van der Waals surface area contributed by atoms with E-state index in [2.05, 4.69) is 5.10 Å². The van der Waals surface area contributed by atoms with Gasteiger partial charge in [0, 0.05) is 5.56 Å². The van der Waals surface area contributed by atoms with Crippen molar-refractivity contribution in [2.24, 2.45) is 0 Å². The van der Waals surface area contributed by atoms with Gasteiger partial charge in [-0.15, -0.1) is 0 Å². The lowest BCUT2D eigenvalue weighted by molar-refractivity contribution is -0.142. The average Bonchev–Trinajstić information content (AvgIpc) is 2.30. The molecule has 1 aromatic rings. The van der Waals surface area contributed by atoms with Crippen LogP contribution in [0.15, 0.2) is 6.20 Å². The van der Waals surface area contributed by atoms with E-state index in [0.717, 1.165) is 6.20 Å². The van der Waals surface area contributed by atoms with E-state index >= 15 is 0 Å². The van der Waals surface area contributed by atoms with Crippen LogP contribution in [0.25, 0.3) is 0 Å². The van der Waals surface area contributed by atoms with Gasteiger partial charge in [0.15, 0.2) is 0 Å². The monoisotopic (exact) mass is 180 g/mol. The molecule has 0 spiro atoms. The fourth-order valence-electron chi connectivity index (χ4n) is 0.839. The fraction of sp³-hybridized carbons (Fsp3) is 0.500. The van der Waals surface area contributed by atoms with E-state index in [1.807, 2.05) is 0 Å². The summed E-state index contributed by atoms with van der Waals surface area (Å²) < 4.78 is 36.2. The third kappa shape index (κ3) is 1.58. The zero-order chi connectivity index (χ0) is 9.35. The minimum absolute atomic E-state index is 0.234. The Hall–Kier alpha value is -1.04. The molecular formula is C6H7F3N2O. The molecule has 0 aliphatic heterocycles. The van der Waals surface area contributed by atoms with Crippen molar-refractivity contribution in [2.75, 3.05) is 0 Å². The summed E-state index contributed by atoms with van der Waals surface area (Å²) in [4.78, 5) is 0. The number of aromatic amines is 1. The second kappa shape index (κ2) is 2.78. The van der Waals surface area contributed by atoms with Crippen LogP contribution in [-0.4, -0.2) is 15.3 Å². The molecule has 0 aromatic carbocycles. The van der Waals surface area contributed by atoms with Crippen molar-refractivity contribution in [3.05, 3.63) is 17.5 Å². The quantitative estimate of drug-likeness (QED) is 0.687. The van der Waals surface area contributed by atoms with Crippen molar-refractivity contribution in [1.29, 1.82) is 0 Å². The molecule has 1 rings (SSSR count). The maximum Gasteiger partial charge on any atom is 0.433 e. The molecule has 1 aromatic heterocycles. The highest BCUT2D eigenvalue weighted by atomic mass is 19.4. The van der Waals surface area contributed by atoms with Crippen LogP contribution in [0, 0.1) is 0 Å². The number of hydrogen-bond donors (Lipinski definition) is 2. The first-order chi connectivity index (χ1) is 5.43. The summed E-state index contributed by atoms with van der Waals surface area (Å²) >= 11 is 0. The third-order valence-electron chi connectivity index (χ3n) is 1.40. The van der Waals surface area contributed by atoms with Gasteiger partial charge in [-0.1, -0.05) is 0 Å². The molecule has 2 N–H and O–H groups in total. The van der Waals surface area contributed by atoms with E-state index in [0.29, 0.717) is 0 Å². The number of nitrogens with one attached hydrogen (secondary N) is 1. The molecule has 3 nitrogen and oxygen atoms in total. The first kappa shape index (κ1) is 9.05. The van der Waals surface area contributed by atoms with Gasteiger partial charge in [-0.05, 0) is 6.92 Å². The van der Waals surface area contributed by atoms with Crippen LogP contribution in [0.4, 0.5) is 13.2 Å². The maximum absolute atomic E-state index is 12.1. The van der Waals surface area contributed by atoms with E-state index in [1.165, 1.54) is 6.92 Å². The van der Waals surface area contributed by atoms with Crippen molar-refractivity contribution in [3.63, 3.8) is 0 Å². The molecule has 0 unspecified atom stereocenters. The van der Waals surface area contributed by atoms with E-state index < -0.39 is 18.0 Å². The number of halogens is 3. The Kier molecular flexibility index (Phi) is 2.10. The van der Waals surface area contributed by atoms with Gasteiger partial charge in [-0.25, -0.2) is 0 Å². The van der Waals surface area contributed by atoms with Crippen LogP contribution < -0.4 is 0 Å². The number of alkyl halides is 3. The van der Waals surface area contributed by atoms with E-state index in [9.17, 15) is 13.2 Å². The molecule has 0 aliphatic rings. The van der Waals surface area contributed by atoms with Crippen LogP contribution in [0.5, 0.6) is 0 Å². The van der Waals surface area contributed by atoms with Crippen LogP contribution in [-0.2, 0) is 6.18 Å². The van der Waals surface area contributed by atoms with E-state index in [4.69, 9.17) is 5.11 Å². The highest BCUT2D eigenvalue weighted by Gasteiger charge is 2.36. The summed E-state index contributed by atoms with van der Waals surface area (Å²) in [7, 11) is 0. The number of rotatable bonds is 1. The van der Waals surface area contributed by atoms with Gasteiger partial charge >= 0.3 is 6.18 Å². The van der Waals surface area contributed by atoms with E-state index in [-0.39, 0.29) is 5.56 Å². The normalized spacial score (nSPS) is 14.8. The Morgan fingerprint density at radius 2 is 2.17 bits per heavy atom. The highest BCUT2D eigenvalue weighted by molar-refractivity contribution is 5.21. The van der Waals surface area contributed by atoms with Gasteiger partial charge in [-0.2, -0.15) is 18.3 Å². The summed E-state index contributed by atoms with van der Waals surface area (Å²) in [6, 6.07) is 0. The zero-order valence-electron chi connectivity index (χ0n) is 6.18. The predicted molar refractivity (Wildman–Crippen MR) is 34.2 cm³/mol. The predicted octanol–water partition coefficient (Wildman–Crippen LogP) is 1.48. The lowest BCUT2D eigenvalue weighted by Gasteiger charge is -2.07. The largest absolute Gasteiger partial charge is 0.433 e. The van der Waals surface area contributed by atoms with Crippen LogP contribution in [0.3, 0.4) is 0 Å². The molecular weight excluding hydrogens is 173 g/mol. The number of aliphatic hydroxyl groups is 1. The lowest BCUT2D eigenvalue weighted by atomic mass is 10.1. The number of aliphatic hydroxyl groups excluding tert-OH is 1. The molecule has 0 saturated carbocycles. The molecule has 1 heterocycles. The molecule has 12 heavy (non-hydrogen) atoms. The highest BCUT2D eigenvalue weighted by Crippen LogP contribution is 2.32. The molecule has 0 amide bonds. The Morgan fingerprint density at radius 1 is 1.58 bits per heavy atom. The molecule has 0 aliphatic carbocycles. The Balaban J connectivity index is 3.08. The molecule has 1 atom stereocenters. The first-order valence-corrected chi connectivity index (χ1v) is 3.21. The van der Waals surface area contributed by atoms with Crippen molar-refractivity contribution >= 4 is 0 Å². The van der Waals surface area contributed by atoms with E-state index in [1.54, 1.807) is 5.10 Å². The summed E-state index contributed by atoms with van der Waals surface area (Å²) in [6.07, 6.45) is -4.68. The van der Waals surface area contributed by atoms with Gasteiger partial charge in [0.05, 0.1) is 12.3 Å². The van der Waals surface area contributed by atoms with Crippen molar-refractivity contribution in [1.82, 2.24) is 10.2 Å². The van der Waals surface area contributed by atoms with Crippen LogP contribution in [0.2, 0.25) is 0 Å². The number of H-pyrrole nitrogens is 1. The number of aromatic nitrogens is 2. The topological polar surface area (TPSA) is 48.9 Å². The number of hydrogen-bond acceptors (Lipinski definition) is 2. The second-order valence-electron chi connectivity index (χ2n) is 2.37. The Bertz CT molecular complexity index is 266. The lowest BCUT2D eigenvalue weighted by Crippen LogP contribution is -2.10. The molecule has 0 bridgehead atoms. The maximum atomic E-state index is 12.1. The van der Waals surface area contributed by atoms with Gasteiger partial charge in [-0.3, -0.25) is 5.10 Å². The van der Waals surface area contributed by atoms with Gasteiger partial charge < -0.3 is 5.11 Å². The zero-order valence-corrected chi connectivity index (χ0v) is 6.18. The average molecular weight is 180 g/mol. The Morgan fingerprint density at radius 3 is 2.50 bits per heavy atom. The SMILES string of the molecule is C[C@@H](O)c1cn[nH]c1C(F)(F)F. The van der Waals surface area contributed by atoms with Crippen molar-refractivity contribution in [2.45, 2.75) is 19.2 Å². The second-order valence-corrected chi connectivity index (χ2v) is 2.37. The standard InChI is InChI=1S/C6H7F3N2O/c1-3(12)4-2-10-11-5(4)6(7,8)9/h2-3,12H,1H3,(H,10,11)/t3-/m1/s1. The van der Waals surface area contributed by atoms with Crippen LogP contribution >= 0.6 is 0 Å². The summed E-state index contributed by atoms with van der Waals surface area (Å²) in [5.74, 6) is 0. The molecule has 0 saturated heterocycles. The molecule has 0 radical (unpaired) electrons. The molecule has 0 fully saturated rings. The summed E-state index contributed by atoms with van der Waals surface area (Å²) in [6.45, 7) is 1.25. The minimum Gasteiger partial charge on any atom is -0.389 e. The third-order valence-corrected chi connectivity index (χ3v) is 1.40. The van der Waals surface area contributed by atoms with Gasteiger partial charge in [0.2, 0.25) is 0 Å². The van der Waals surface area contributed by atoms with Crippen molar-refractivity contribution in [3.8, 4) is 0 Å². The summed E-state index contributed by atoms with van der Waals surface area (Å²) in [5, 5.41) is 13.9.